The van der Waals surface area contributed by atoms with E-state index in [1.54, 1.807) is 0 Å². The molecule has 0 unspecified atom stereocenters. The lowest BCUT2D eigenvalue weighted by molar-refractivity contribution is 0.0322. The predicted octanol–water partition coefficient (Wildman–Crippen LogP) is 3.31. The summed E-state index contributed by atoms with van der Waals surface area (Å²) in [5.41, 5.74) is 1.96. The van der Waals surface area contributed by atoms with Crippen molar-refractivity contribution in [2.24, 2.45) is 0 Å². The van der Waals surface area contributed by atoms with E-state index in [0.717, 1.165) is 49.8 Å². The second-order valence-electron chi connectivity index (χ2n) is 6.88. The average Bonchev–Trinajstić information content (AvgIpc) is 2.76. The average molecular weight is 415 g/mol. The number of halogens is 1. The van der Waals surface area contributed by atoms with Gasteiger partial charge in [-0.3, -0.25) is 4.90 Å². The lowest BCUT2D eigenvalue weighted by Crippen LogP contribution is -2.38. The topological polar surface area (TPSA) is 79.7 Å². The van der Waals surface area contributed by atoms with E-state index in [9.17, 15) is 5.11 Å². The number of fused-ring (bicyclic) bond motifs is 1. The highest BCUT2D eigenvalue weighted by atomic mass is 35.5. The monoisotopic (exact) mass is 414 g/mol. The molecule has 1 saturated heterocycles. The van der Waals surface area contributed by atoms with Crippen LogP contribution in [0.3, 0.4) is 0 Å². The molecule has 0 spiro atoms. The van der Waals surface area contributed by atoms with Gasteiger partial charge in [-0.05, 0) is 35.9 Å². The molecule has 1 fully saturated rings. The molecule has 4 rings (SSSR count). The Morgan fingerprint density at radius 2 is 1.97 bits per heavy atom. The number of aromatic hydroxyl groups is 1. The van der Waals surface area contributed by atoms with Crippen LogP contribution in [-0.2, 0) is 11.3 Å². The van der Waals surface area contributed by atoms with Crippen molar-refractivity contribution in [3.8, 4) is 11.6 Å². The van der Waals surface area contributed by atoms with Gasteiger partial charge in [0, 0.05) is 37.3 Å². The van der Waals surface area contributed by atoms with Crippen LogP contribution >= 0.6 is 11.6 Å². The second kappa shape index (κ2) is 9.26. The zero-order valence-corrected chi connectivity index (χ0v) is 16.7. The number of anilines is 1. The number of hydrogen-bond donors (Lipinski definition) is 2. The molecule has 0 radical (unpaired) electrons. The van der Waals surface area contributed by atoms with Gasteiger partial charge in [0.05, 0.1) is 18.6 Å². The van der Waals surface area contributed by atoms with Crippen LogP contribution < -0.4 is 10.1 Å². The Labute approximate surface area is 174 Å². The number of nitrogens with zero attached hydrogens (tertiary/aromatic N) is 3. The summed E-state index contributed by atoms with van der Waals surface area (Å²) in [5, 5.41) is 22.2. The number of benzene rings is 2. The maximum atomic E-state index is 9.93. The summed E-state index contributed by atoms with van der Waals surface area (Å²) in [5.74, 6) is 0.722. The van der Waals surface area contributed by atoms with Crippen molar-refractivity contribution in [1.82, 2.24) is 15.1 Å². The Morgan fingerprint density at radius 1 is 1.10 bits per heavy atom. The summed E-state index contributed by atoms with van der Waals surface area (Å²) in [6.45, 7) is 5.70. The van der Waals surface area contributed by atoms with Crippen LogP contribution in [0.1, 0.15) is 5.56 Å². The van der Waals surface area contributed by atoms with Gasteiger partial charge in [0.25, 0.3) is 0 Å². The first-order chi connectivity index (χ1) is 14.2. The molecule has 0 amide bonds. The Kier molecular flexibility index (Phi) is 6.29. The first-order valence-corrected chi connectivity index (χ1v) is 9.97. The number of nitrogens with one attached hydrogen (secondary N) is 1. The minimum atomic E-state index is -0.135. The van der Waals surface area contributed by atoms with Gasteiger partial charge < -0.3 is 19.9 Å². The molecule has 3 aromatic rings. The molecular formula is C21H23ClN4O3. The number of aromatic nitrogens is 2. The molecular weight excluding hydrogens is 392 g/mol. The van der Waals surface area contributed by atoms with Crippen LogP contribution in [0.2, 0.25) is 5.15 Å². The minimum absolute atomic E-state index is 0.135. The van der Waals surface area contributed by atoms with Crippen LogP contribution in [0.15, 0.2) is 42.5 Å². The SMILES string of the molecule is Oc1nnc(Cl)c2ccc(NCc3cccc(OCCN4CCOCC4)c3)cc12. The van der Waals surface area contributed by atoms with Crippen molar-refractivity contribution in [3.63, 3.8) is 0 Å². The summed E-state index contributed by atoms with van der Waals surface area (Å²) in [7, 11) is 0. The van der Waals surface area contributed by atoms with E-state index in [1.165, 1.54) is 0 Å². The molecule has 0 atom stereocenters. The van der Waals surface area contributed by atoms with Gasteiger partial charge in [0.1, 0.15) is 12.4 Å². The van der Waals surface area contributed by atoms with Crippen molar-refractivity contribution >= 4 is 28.1 Å². The fourth-order valence-electron chi connectivity index (χ4n) is 3.28. The van der Waals surface area contributed by atoms with E-state index in [2.05, 4.69) is 20.4 Å². The molecule has 1 aliphatic heterocycles. The Morgan fingerprint density at radius 3 is 2.83 bits per heavy atom. The third-order valence-electron chi connectivity index (χ3n) is 4.89. The van der Waals surface area contributed by atoms with E-state index in [-0.39, 0.29) is 11.0 Å². The highest BCUT2D eigenvalue weighted by Crippen LogP contribution is 2.29. The number of hydrogen-bond acceptors (Lipinski definition) is 7. The minimum Gasteiger partial charge on any atom is -0.492 e. The van der Waals surface area contributed by atoms with Gasteiger partial charge in [-0.15, -0.1) is 10.2 Å². The van der Waals surface area contributed by atoms with Crippen LogP contribution in [-0.4, -0.2) is 59.7 Å². The predicted molar refractivity (Wildman–Crippen MR) is 113 cm³/mol. The van der Waals surface area contributed by atoms with Crippen LogP contribution in [0.25, 0.3) is 10.8 Å². The molecule has 1 aromatic heterocycles. The van der Waals surface area contributed by atoms with E-state index < -0.39 is 0 Å². The molecule has 0 bridgehead atoms. The standard InChI is InChI=1S/C21H23ClN4O3/c22-20-18-5-4-16(13-19(18)21(27)25-24-20)23-14-15-2-1-3-17(12-15)29-11-8-26-6-9-28-10-7-26/h1-5,12-13,23H,6-11,14H2,(H,25,27). The molecule has 2 N–H and O–H groups in total. The zero-order valence-electron chi connectivity index (χ0n) is 16.0. The van der Waals surface area contributed by atoms with E-state index >= 15 is 0 Å². The van der Waals surface area contributed by atoms with Crippen LogP contribution in [0.4, 0.5) is 5.69 Å². The first-order valence-electron chi connectivity index (χ1n) is 9.60. The Balaban J connectivity index is 1.34. The van der Waals surface area contributed by atoms with Crippen LogP contribution in [0.5, 0.6) is 11.6 Å². The third kappa shape index (κ3) is 5.06. The zero-order chi connectivity index (χ0) is 20.1. The Hall–Kier alpha value is -2.61. The second-order valence-corrected chi connectivity index (χ2v) is 7.24. The summed E-state index contributed by atoms with van der Waals surface area (Å²) in [6, 6.07) is 13.6. The first kappa shape index (κ1) is 19.7. The Bertz CT molecular complexity index is 979. The summed E-state index contributed by atoms with van der Waals surface area (Å²) < 4.78 is 11.3. The maximum absolute atomic E-state index is 9.93. The molecule has 7 nitrogen and oxygen atoms in total. The summed E-state index contributed by atoms with van der Waals surface area (Å²) in [4.78, 5) is 2.35. The normalized spacial score (nSPS) is 14.8. The number of ether oxygens (including phenoxy) is 2. The quantitative estimate of drug-likeness (QED) is 0.613. The largest absolute Gasteiger partial charge is 0.492 e. The van der Waals surface area contributed by atoms with E-state index in [4.69, 9.17) is 21.1 Å². The van der Waals surface area contributed by atoms with Gasteiger partial charge in [-0.1, -0.05) is 23.7 Å². The van der Waals surface area contributed by atoms with Crippen molar-refractivity contribution in [2.45, 2.75) is 6.54 Å². The lowest BCUT2D eigenvalue weighted by atomic mass is 10.1. The third-order valence-corrected chi connectivity index (χ3v) is 5.17. The van der Waals surface area contributed by atoms with E-state index in [0.29, 0.717) is 23.9 Å². The fraction of sp³-hybridized carbons (Fsp3) is 0.333. The maximum Gasteiger partial charge on any atom is 0.239 e. The van der Waals surface area contributed by atoms with Crippen molar-refractivity contribution in [1.29, 1.82) is 0 Å². The van der Waals surface area contributed by atoms with Crippen LogP contribution in [0, 0.1) is 0 Å². The number of rotatable bonds is 7. The van der Waals surface area contributed by atoms with Gasteiger partial charge in [0.2, 0.25) is 5.88 Å². The smallest absolute Gasteiger partial charge is 0.239 e. The summed E-state index contributed by atoms with van der Waals surface area (Å²) >= 11 is 6.03. The molecule has 8 heteroatoms. The van der Waals surface area contributed by atoms with Crippen molar-refractivity contribution in [3.05, 3.63) is 53.2 Å². The molecule has 2 aromatic carbocycles. The van der Waals surface area contributed by atoms with Gasteiger partial charge >= 0.3 is 0 Å². The molecule has 0 saturated carbocycles. The molecule has 0 aliphatic carbocycles. The molecule has 29 heavy (non-hydrogen) atoms. The molecule has 152 valence electrons. The lowest BCUT2D eigenvalue weighted by Gasteiger charge is -2.26. The highest BCUT2D eigenvalue weighted by Gasteiger charge is 2.10. The number of morpholine rings is 1. The van der Waals surface area contributed by atoms with Gasteiger partial charge in [-0.2, -0.15) is 0 Å². The molecule has 1 aliphatic rings. The summed E-state index contributed by atoms with van der Waals surface area (Å²) in [6.07, 6.45) is 0. The fourth-order valence-corrected chi connectivity index (χ4v) is 3.49. The highest BCUT2D eigenvalue weighted by molar-refractivity contribution is 6.34. The molecule has 2 heterocycles. The van der Waals surface area contributed by atoms with Crippen molar-refractivity contribution < 1.29 is 14.6 Å². The van der Waals surface area contributed by atoms with Gasteiger partial charge in [-0.25, -0.2) is 0 Å². The van der Waals surface area contributed by atoms with Gasteiger partial charge in [0.15, 0.2) is 5.15 Å². The van der Waals surface area contributed by atoms with E-state index in [1.807, 2.05) is 42.5 Å². The van der Waals surface area contributed by atoms with Crippen molar-refractivity contribution in [2.75, 3.05) is 44.8 Å².